The lowest BCUT2D eigenvalue weighted by Gasteiger charge is -2.15. The van der Waals surface area contributed by atoms with Crippen LogP contribution in [-0.4, -0.2) is 24.4 Å². The molecule has 2 rings (SSSR count). The van der Waals surface area contributed by atoms with E-state index in [2.05, 4.69) is 5.32 Å². The lowest BCUT2D eigenvalue weighted by Crippen LogP contribution is -2.24. The molecule has 0 heterocycles. The van der Waals surface area contributed by atoms with Crippen LogP contribution in [0.3, 0.4) is 0 Å². The van der Waals surface area contributed by atoms with Crippen molar-refractivity contribution in [3.05, 3.63) is 29.3 Å². The highest BCUT2D eigenvalue weighted by atomic mass is 16.5. The first-order valence-electron chi connectivity index (χ1n) is 6.33. The second-order valence-electron chi connectivity index (χ2n) is 4.85. The molecule has 3 heteroatoms. The normalized spacial score (nSPS) is 18.6. The van der Waals surface area contributed by atoms with Crippen molar-refractivity contribution in [3.63, 3.8) is 0 Å². The summed E-state index contributed by atoms with van der Waals surface area (Å²) in [4.78, 5) is 0. The molecule has 0 aromatic heterocycles. The number of nitrogens with one attached hydrogen (secondary N) is 1. The highest BCUT2D eigenvalue weighted by molar-refractivity contribution is 5.39. The van der Waals surface area contributed by atoms with Gasteiger partial charge in [0.25, 0.3) is 0 Å². The van der Waals surface area contributed by atoms with Gasteiger partial charge in [0, 0.05) is 12.6 Å². The fraction of sp³-hybridized carbons (Fsp3) is 0.571. The molecule has 0 fully saturated rings. The van der Waals surface area contributed by atoms with Gasteiger partial charge in [0.1, 0.15) is 5.75 Å². The van der Waals surface area contributed by atoms with E-state index in [9.17, 15) is 5.11 Å². The van der Waals surface area contributed by atoms with Crippen LogP contribution in [0.2, 0.25) is 0 Å². The zero-order valence-corrected chi connectivity index (χ0v) is 10.6. The van der Waals surface area contributed by atoms with Gasteiger partial charge >= 0.3 is 0 Å². The Bertz CT molecular complexity index is 376. The third-order valence-corrected chi connectivity index (χ3v) is 3.15. The van der Waals surface area contributed by atoms with Crippen LogP contribution in [0.5, 0.6) is 5.75 Å². The molecule has 3 nitrogen and oxygen atoms in total. The van der Waals surface area contributed by atoms with Crippen molar-refractivity contribution in [2.45, 2.75) is 38.8 Å². The van der Waals surface area contributed by atoms with Gasteiger partial charge in [-0.25, -0.2) is 0 Å². The van der Waals surface area contributed by atoms with Crippen LogP contribution in [0, 0.1) is 0 Å². The minimum atomic E-state index is 0.296. The number of phenols is 1. The molecular weight excluding hydrogens is 214 g/mol. The van der Waals surface area contributed by atoms with Crippen molar-refractivity contribution >= 4 is 0 Å². The number of hydrogen-bond donors (Lipinski definition) is 2. The summed E-state index contributed by atoms with van der Waals surface area (Å²) >= 11 is 0. The lowest BCUT2D eigenvalue weighted by molar-refractivity contribution is 0.0793. The standard InChI is InChI=1S/C14H21NO2/c1-10(2)17-8-7-15-14-6-3-11-9-12(16)4-5-13(11)14/h4-5,9-10,14-16H,3,6-8H2,1-2H3. The van der Waals surface area contributed by atoms with Gasteiger partial charge in [-0.2, -0.15) is 0 Å². The van der Waals surface area contributed by atoms with Gasteiger partial charge in [-0.1, -0.05) is 6.07 Å². The van der Waals surface area contributed by atoms with Crippen LogP contribution in [0.25, 0.3) is 0 Å². The van der Waals surface area contributed by atoms with E-state index in [0.29, 0.717) is 17.9 Å². The number of phenolic OH excluding ortho intramolecular Hbond substituents is 1. The van der Waals surface area contributed by atoms with Gasteiger partial charge in [-0.3, -0.25) is 0 Å². The SMILES string of the molecule is CC(C)OCCNC1CCc2cc(O)ccc21. The van der Waals surface area contributed by atoms with Gasteiger partial charge in [0.15, 0.2) is 0 Å². The number of rotatable bonds is 5. The molecule has 0 saturated carbocycles. The van der Waals surface area contributed by atoms with Gasteiger partial charge in [0.2, 0.25) is 0 Å². The molecule has 0 radical (unpaired) electrons. The second kappa shape index (κ2) is 5.52. The molecular formula is C14H21NO2. The largest absolute Gasteiger partial charge is 0.508 e. The van der Waals surface area contributed by atoms with E-state index < -0.39 is 0 Å². The summed E-state index contributed by atoms with van der Waals surface area (Å²) in [7, 11) is 0. The molecule has 2 N–H and O–H groups in total. The lowest BCUT2D eigenvalue weighted by atomic mass is 10.1. The Morgan fingerprint density at radius 3 is 3.06 bits per heavy atom. The Hall–Kier alpha value is -1.06. The Labute approximate surface area is 103 Å². The van der Waals surface area contributed by atoms with Crippen molar-refractivity contribution in [1.82, 2.24) is 5.32 Å². The molecule has 94 valence electrons. The molecule has 1 aliphatic carbocycles. The smallest absolute Gasteiger partial charge is 0.115 e. The zero-order chi connectivity index (χ0) is 12.3. The summed E-state index contributed by atoms with van der Waals surface area (Å²) in [6.07, 6.45) is 2.46. The quantitative estimate of drug-likeness (QED) is 0.770. The molecule has 1 unspecified atom stereocenters. The van der Waals surface area contributed by atoms with Crippen molar-refractivity contribution in [3.8, 4) is 5.75 Å². The predicted octanol–water partition coefficient (Wildman–Crippen LogP) is 2.39. The van der Waals surface area contributed by atoms with Crippen LogP contribution in [0.1, 0.15) is 37.4 Å². The average Bonchev–Trinajstić information content (AvgIpc) is 2.66. The number of ether oxygens (including phenoxy) is 1. The molecule has 0 aliphatic heterocycles. The maximum atomic E-state index is 9.42. The maximum absolute atomic E-state index is 9.42. The minimum absolute atomic E-state index is 0.296. The van der Waals surface area contributed by atoms with Crippen molar-refractivity contribution in [2.75, 3.05) is 13.2 Å². The number of hydrogen-bond acceptors (Lipinski definition) is 3. The molecule has 17 heavy (non-hydrogen) atoms. The van der Waals surface area contributed by atoms with Gasteiger partial charge in [0.05, 0.1) is 12.7 Å². The van der Waals surface area contributed by atoms with Crippen LogP contribution < -0.4 is 5.32 Å². The fourth-order valence-electron chi connectivity index (χ4n) is 2.34. The number of fused-ring (bicyclic) bond motifs is 1. The molecule has 1 aromatic rings. The summed E-state index contributed by atoms with van der Waals surface area (Å²) in [5.74, 6) is 0.368. The van der Waals surface area contributed by atoms with Crippen molar-refractivity contribution < 1.29 is 9.84 Å². The van der Waals surface area contributed by atoms with Crippen LogP contribution in [0.4, 0.5) is 0 Å². The summed E-state index contributed by atoms with van der Waals surface area (Å²) in [6, 6.07) is 6.09. The van der Waals surface area contributed by atoms with E-state index >= 15 is 0 Å². The van der Waals surface area contributed by atoms with E-state index in [1.54, 1.807) is 6.07 Å². The van der Waals surface area contributed by atoms with E-state index in [0.717, 1.165) is 26.0 Å². The fourth-order valence-corrected chi connectivity index (χ4v) is 2.34. The highest BCUT2D eigenvalue weighted by Crippen LogP contribution is 2.32. The monoisotopic (exact) mass is 235 g/mol. The number of benzene rings is 1. The third kappa shape index (κ3) is 3.20. The topological polar surface area (TPSA) is 41.5 Å². The minimum Gasteiger partial charge on any atom is -0.508 e. The number of aromatic hydroxyl groups is 1. The Morgan fingerprint density at radius 2 is 2.29 bits per heavy atom. The maximum Gasteiger partial charge on any atom is 0.115 e. The predicted molar refractivity (Wildman–Crippen MR) is 68.3 cm³/mol. The Kier molecular flexibility index (Phi) is 4.02. The van der Waals surface area contributed by atoms with Crippen LogP contribution >= 0.6 is 0 Å². The van der Waals surface area contributed by atoms with Gasteiger partial charge < -0.3 is 15.2 Å². The third-order valence-electron chi connectivity index (χ3n) is 3.15. The molecule has 1 aromatic carbocycles. The molecule has 0 bridgehead atoms. The first-order valence-corrected chi connectivity index (χ1v) is 6.33. The van der Waals surface area contributed by atoms with Gasteiger partial charge in [-0.15, -0.1) is 0 Å². The van der Waals surface area contributed by atoms with Crippen molar-refractivity contribution in [2.24, 2.45) is 0 Å². The van der Waals surface area contributed by atoms with E-state index in [1.807, 2.05) is 26.0 Å². The van der Waals surface area contributed by atoms with Gasteiger partial charge in [-0.05, 0) is 49.9 Å². The Balaban J connectivity index is 1.85. The summed E-state index contributed by atoms with van der Waals surface area (Å²) in [5, 5.41) is 12.9. The molecule has 1 atom stereocenters. The summed E-state index contributed by atoms with van der Waals surface area (Å²) in [5.41, 5.74) is 2.60. The zero-order valence-electron chi connectivity index (χ0n) is 10.6. The summed E-state index contributed by atoms with van der Waals surface area (Å²) in [6.45, 7) is 5.73. The second-order valence-corrected chi connectivity index (χ2v) is 4.85. The first kappa shape index (κ1) is 12.4. The highest BCUT2D eigenvalue weighted by Gasteiger charge is 2.21. The van der Waals surface area contributed by atoms with E-state index in [4.69, 9.17) is 4.74 Å². The van der Waals surface area contributed by atoms with Crippen LogP contribution in [0.15, 0.2) is 18.2 Å². The van der Waals surface area contributed by atoms with E-state index in [-0.39, 0.29) is 0 Å². The molecule has 0 amide bonds. The van der Waals surface area contributed by atoms with Crippen molar-refractivity contribution in [1.29, 1.82) is 0 Å². The molecule has 1 aliphatic rings. The first-order chi connectivity index (χ1) is 8.16. The average molecular weight is 235 g/mol. The number of aryl methyl sites for hydroxylation is 1. The summed E-state index contributed by atoms with van der Waals surface area (Å²) < 4.78 is 5.51. The van der Waals surface area contributed by atoms with E-state index in [1.165, 1.54) is 11.1 Å². The van der Waals surface area contributed by atoms with Crippen LogP contribution in [-0.2, 0) is 11.2 Å². The molecule has 0 spiro atoms. The Morgan fingerprint density at radius 1 is 1.47 bits per heavy atom. The molecule has 0 saturated heterocycles.